The second kappa shape index (κ2) is 13.0. The van der Waals surface area contributed by atoms with Gasteiger partial charge >= 0.3 is 5.97 Å². The summed E-state index contributed by atoms with van der Waals surface area (Å²) in [6.07, 6.45) is 2.15. The second-order valence-corrected chi connectivity index (χ2v) is 16.0. The molecule has 14 heteroatoms. The van der Waals surface area contributed by atoms with Gasteiger partial charge < -0.3 is 9.64 Å². The molecule has 0 N–H and O–H groups in total. The third kappa shape index (κ3) is 7.20. The molecule has 1 aliphatic heterocycles. The zero-order valence-electron chi connectivity index (χ0n) is 24.4. The van der Waals surface area contributed by atoms with Gasteiger partial charge in [-0.3, -0.25) is 13.8 Å². The van der Waals surface area contributed by atoms with Crippen LogP contribution in [-0.2, 0) is 38.7 Å². The number of carbonyl (C=O) groups is 2. The summed E-state index contributed by atoms with van der Waals surface area (Å²) in [5.41, 5.74) is -0.683. The van der Waals surface area contributed by atoms with Crippen molar-refractivity contribution in [3.63, 3.8) is 0 Å². The summed E-state index contributed by atoms with van der Waals surface area (Å²) in [6, 6.07) is 12.5. The van der Waals surface area contributed by atoms with Crippen molar-refractivity contribution in [1.29, 1.82) is 0 Å². The Bertz CT molecular complexity index is 1560. The quantitative estimate of drug-likeness (QED) is 0.184. The number of piperidine rings is 1. The number of halogens is 2. The number of esters is 1. The standard InChI is InChI=1S/C29H36Cl2N2O8S2/c1-5-23(17-32(2)43(38,39)24-13-14-24)33-26(19-9-11-21(30)12-10-19)25(20-7-6-8-22(31)15-20)16-29(27(33)34,28(35)40-3)18-41-42(4,36)37/h6-12,15,23-26H,5,13-14,16-18H2,1-4H3/t23-,25+,26+,29+/m0/s1. The van der Waals surface area contributed by atoms with Gasteiger partial charge in [0.05, 0.1) is 31.3 Å². The van der Waals surface area contributed by atoms with Crippen LogP contribution < -0.4 is 0 Å². The van der Waals surface area contributed by atoms with E-state index in [4.69, 9.17) is 32.1 Å². The number of likely N-dealkylation sites (N-methyl/N-ethyl adjacent to an activating group) is 1. The van der Waals surface area contributed by atoms with Crippen molar-refractivity contribution in [2.75, 3.05) is 33.6 Å². The van der Waals surface area contributed by atoms with Crippen LogP contribution in [0.2, 0.25) is 10.0 Å². The van der Waals surface area contributed by atoms with Gasteiger partial charge in [-0.25, -0.2) is 12.7 Å². The minimum Gasteiger partial charge on any atom is -0.468 e. The number of ether oxygens (including phenoxy) is 1. The lowest BCUT2D eigenvalue weighted by molar-refractivity contribution is -0.175. The summed E-state index contributed by atoms with van der Waals surface area (Å²) in [5.74, 6) is -2.29. The molecule has 2 fully saturated rings. The molecule has 2 aliphatic rings. The smallest absolute Gasteiger partial charge is 0.323 e. The van der Waals surface area contributed by atoms with Crippen molar-refractivity contribution in [3.05, 3.63) is 69.7 Å². The van der Waals surface area contributed by atoms with Gasteiger partial charge in [-0.1, -0.05) is 54.4 Å². The summed E-state index contributed by atoms with van der Waals surface area (Å²) in [6.45, 7) is 0.993. The Morgan fingerprint density at radius 1 is 1.07 bits per heavy atom. The molecule has 43 heavy (non-hydrogen) atoms. The van der Waals surface area contributed by atoms with Gasteiger partial charge in [-0.05, 0) is 61.1 Å². The molecular weight excluding hydrogens is 639 g/mol. The lowest BCUT2D eigenvalue weighted by Crippen LogP contribution is -2.62. The van der Waals surface area contributed by atoms with Gasteiger partial charge in [0.25, 0.3) is 10.1 Å². The first-order valence-corrected chi connectivity index (χ1v) is 17.9. The van der Waals surface area contributed by atoms with Crippen molar-refractivity contribution < 1.29 is 35.3 Å². The fourth-order valence-electron chi connectivity index (χ4n) is 5.81. The molecule has 4 rings (SSSR count). The first-order valence-electron chi connectivity index (χ1n) is 13.9. The molecule has 0 bridgehead atoms. The Balaban J connectivity index is 1.95. The first kappa shape index (κ1) is 33.7. The van der Waals surface area contributed by atoms with Crippen molar-refractivity contribution in [2.24, 2.45) is 5.41 Å². The van der Waals surface area contributed by atoms with Crippen LogP contribution in [0.3, 0.4) is 0 Å². The largest absolute Gasteiger partial charge is 0.468 e. The maximum absolute atomic E-state index is 14.8. The molecule has 0 unspecified atom stereocenters. The molecule has 0 spiro atoms. The molecule has 2 aromatic carbocycles. The Labute approximate surface area is 263 Å². The molecule has 0 aromatic heterocycles. The molecule has 0 radical (unpaired) electrons. The zero-order valence-corrected chi connectivity index (χ0v) is 27.5. The normalized spacial score (nSPS) is 23.8. The number of hydrogen-bond acceptors (Lipinski definition) is 8. The van der Waals surface area contributed by atoms with Crippen LogP contribution in [0.25, 0.3) is 0 Å². The Kier molecular flexibility index (Phi) is 10.2. The van der Waals surface area contributed by atoms with Crippen LogP contribution >= 0.6 is 23.2 Å². The number of rotatable bonds is 12. The van der Waals surface area contributed by atoms with Crippen LogP contribution in [0.5, 0.6) is 0 Å². The minimum atomic E-state index is -4.07. The van der Waals surface area contributed by atoms with E-state index in [1.807, 2.05) is 13.0 Å². The first-order chi connectivity index (χ1) is 20.1. The van der Waals surface area contributed by atoms with E-state index >= 15 is 0 Å². The van der Waals surface area contributed by atoms with E-state index < -0.39 is 67.3 Å². The van der Waals surface area contributed by atoms with Gasteiger partial charge in [-0.2, -0.15) is 8.42 Å². The lowest BCUT2D eigenvalue weighted by Gasteiger charge is -2.52. The molecule has 1 saturated heterocycles. The van der Waals surface area contributed by atoms with Crippen molar-refractivity contribution >= 4 is 55.2 Å². The number of amides is 1. The van der Waals surface area contributed by atoms with Crippen LogP contribution in [0.1, 0.15) is 55.7 Å². The third-order valence-electron chi connectivity index (χ3n) is 8.19. The van der Waals surface area contributed by atoms with Gasteiger partial charge in [0.1, 0.15) is 0 Å². The predicted octanol–water partition coefficient (Wildman–Crippen LogP) is 4.39. The van der Waals surface area contributed by atoms with Crippen molar-refractivity contribution in [3.8, 4) is 0 Å². The van der Waals surface area contributed by atoms with Gasteiger partial charge in [0, 0.05) is 35.6 Å². The average molecular weight is 676 g/mol. The van der Waals surface area contributed by atoms with Crippen molar-refractivity contribution in [1.82, 2.24) is 9.21 Å². The summed E-state index contributed by atoms with van der Waals surface area (Å²) in [7, 11) is -5.07. The summed E-state index contributed by atoms with van der Waals surface area (Å²) >= 11 is 12.6. The number of likely N-dealkylation sites (tertiary alicyclic amines) is 1. The Hall–Kier alpha value is -2.22. The minimum absolute atomic E-state index is 0.0440. The van der Waals surface area contributed by atoms with E-state index in [9.17, 15) is 26.4 Å². The average Bonchev–Trinajstić information content (AvgIpc) is 3.81. The number of sulfonamides is 1. The van der Waals surface area contributed by atoms with Gasteiger partial charge in [0.2, 0.25) is 15.9 Å². The molecule has 4 atom stereocenters. The molecule has 1 amide bonds. The number of methoxy groups -OCH3 is 1. The molecule has 1 heterocycles. The van der Waals surface area contributed by atoms with Crippen LogP contribution in [0.4, 0.5) is 0 Å². The van der Waals surface area contributed by atoms with E-state index in [2.05, 4.69) is 0 Å². The highest BCUT2D eigenvalue weighted by molar-refractivity contribution is 7.90. The topological polar surface area (TPSA) is 127 Å². The maximum Gasteiger partial charge on any atom is 0.323 e. The summed E-state index contributed by atoms with van der Waals surface area (Å²) in [4.78, 5) is 29.9. The Morgan fingerprint density at radius 3 is 2.26 bits per heavy atom. The fourth-order valence-corrected chi connectivity index (χ4v) is 8.17. The predicted molar refractivity (Wildman–Crippen MR) is 164 cm³/mol. The van der Waals surface area contributed by atoms with Gasteiger partial charge in [0.15, 0.2) is 5.41 Å². The molecule has 236 valence electrons. The fraction of sp³-hybridized carbons (Fsp3) is 0.517. The molecule has 1 saturated carbocycles. The van der Waals surface area contributed by atoms with E-state index in [0.29, 0.717) is 40.4 Å². The number of benzene rings is 2. The number of hydrogen-bond donors (Lipinski definition) is 0. The lowest BCUT2D eigenvalue weighted by atomic mass is 9.67. The highest BCUT2D eigenvalue weighted by atomic mass is 35.5. The third-order valence-corrected chi connectivity index (χ3v) is 11.6. The zero-order chi connectivity index (χ0) is 31.7. The SMILES string of the molecule is CC[C@@H](CN(C)S(=O)(=O)C1CC1)N1C(=O)[C@@](COS(C)(=O)=O)(C(=O)OC)C[C@H](c2cccc(Cl)c2)[C@H]1c1ccc(Cl)cc1. The highest BCUT2D eigenvalue weighted by Crippen LogP contribution is 2.52. The number of nitrogens with zero attached hydrogens (tertiary/aromatic N) is 2. The van der Waals surface area contributed by atoms with E-state index in [1.165, 1.54) is 16.3 Å². The van der Waals surface area contributed by atoms with Crippen LogP contribution in [0.15, 0.2) is 48.5 Å². The summed E-state index contributed by atoms with van der Waals surface area (Å²) in [5, 5.41) is 0.439. The van der Waals surface area contributed by atoms with E-state index in [0.717, 1.165) is 13.4 Å². The van der Waals surface area contributed by atoms with Crippen molar-refractivity contribution in [2.45, 2.75) is 55.9 Å². The number of carbonyl (C=O) groups excluding carboxylic acids is 2. The van der Waals surface area contributed by atoms with E-state index in [1.54, 1.807) is 42.5 Å². The second-order valence-electron chi connectivity index (χ2n) is 11.2. The van der Waals surface area contributed by atoms with Crippen LogP contribution in [-0.4, -0.2) is 82.8 Å². The highest BCUT2D eigenvalue weighted by Gasteiger charge is 2.59. The monoisotopic (exact) mass is 674 g/mol. The summed E-state index contributed by atoms with van der Waals surface area (Å²) < 4.78 is 62.1. The molecule has 1 aliphatic carbocycles. The molecule has 10 nitrogen and oxygen atoms in total. The van der Waals surface area contributed by atoms with Gasteiger partial charge in [-0.15, -0.1) is 0 Å². The van der Waals surface area contributed by atoms with Crippen LogP contribution in [0, 0.1) is 5.41 Å². The molecule has 2 aromatic rings. The Morgan fingerprint density at radius 2 is 1.72 bits per heavy atom. The maximum atomic E-state index is 14.8. The molecular formula is C29H36Cl2N2O8S2. The van der Waals surface area contributed by atoms with E-state index in [-0.39, 0.29) is 13.0 Å².